The van der Waals surface area contributed by atoms with Crippen LogP contribution in [0.15, 0.2) is 0 Å². The summed E-state index contributed by atoms with van der Waals surface area (Å²) in [7, 11) is 1.99. The first kappa shape index (κ1) is 19.7. The molecule has 0 aromatic carbocycles. The molecular weight excluding hydrogens is 298 g/mol. The quantitative estimate of drug-likeness (QED) is 0.861. The molecule has 1 saturated carbocycles. The van der Waals surface area contributed by atoms with Gasteiger partial charge in [0.05, 0.1) is 6.54 Å². The minimum Gasteiger partial charge on any atom is -0.342 e. The lowest BCUT2D eigenvalue weighted by Crippen LogP contribution is -2.51. The monoisotopic (exact) mass is 331 g/mol. The zero-order chi connectivity index (χ0) is 15.4. The number of rotatable bonds is 4. The number of carbonyl (C=O) groups excluding carboxylic acids is 1. The van der Waals surface area contributed by atoms with E-state index in [9.17, 15) is 4.79 Å². The van der Waals surface area contributed by atoms with Gasteiger partial charge in [-0.25, -0.2) is 0 Å². The van der Waals surface area contributed by atoms with E-state index in [0.29, 0.717) is 25.2 Å². The van der Waals surface area contributed by atoms with Crippen LogP contribution < -0.4 is 5.73 Å². The number of likely N-dealkylation sites (N-methyl/N-ethyl adjacent to an activating group) is 1. The molecule has 1 aliphatic heterocycles. The van der Waals surface area contributed by atoms with Gasteiger partial charge in [0.1, 0.15) is 0 Å². The largest absolute Gasteiger partial charge is 0.342 e. The second-order valence-electron chi connectivity index (χ2n) is 7.41. The zero-order valence-corrected chi connectivity index (χ0v) is 15.3. The van der Waals surface area contributed by atoms with Gasteiger partial charge in [-0.3, -0.25) is 9.69 Å². The molecule has 4 nitrogen and oxygen atoms in total. The van der Waals surface area contributed by atoms with E-state index in [1.807, 2.05) is 11.9 Å². The lowest BCUT2D eigenvalue weighted by Gasteiger charge is -2.39. The highest BCUT2D eigenvalue weighted by molar-refractivity contribution is 5.85. The van der Waals surface area contributed by atoms with Gasteiger partial charge in [0, 0.05) is 25.7 Å². The summed E-state index contributed by atoms with van der Waals surface area (Å²) in [6.45, 7) is 6.85. The standard InChI is InChI=1S/C17H33N3O.ClH/c1-13-4-6-15(7-5-13)19(3)17(21)12-20-9-8-14(2)10-16(20)11-18;/h13-16H,4-12,18H2,1-3H3;1H. The van der Waals surface area contributed by atoms with E-state index in [0.717, 1.165) is 24.8 Å². The molecule has 2 atom stereocenters. The number of halogens is 1. The van der Waals surface area contributed by atoms with Gasteiger partial charge in [-0.1, -0.05) is 13.8 Å². The average Bonchev–Trinajstić information content (AvgIpc) is 2.49. The highest BCUT2D eigenvalue weighted by Crippen LogP contribution is 2.27. The number of hydrogen-bond acceptors (Lipinski definition) is 3. The van der Waals surface area contributed by atoms with E-state index in [2.05, 4.69) is 18.7 Å². The Morgan fingerprint density at radius 1 is 1.14 bits per heavy atom. The molecule has 0 aromatic rings. The lowest BCUT2D eigenvalue weighted by molar-refractivity contribution is -0.135. The fourth-order valence-corrected chi connectivity index (χ4v) is 3.87. The topological polar surface area (TPSA) is 49.6 Å². The highest BCUT2D eigenvalue weighted by Gasteiger charge is 2.30. The number of likely N-dealkylation sites (tertiary alicyclic amines) is 1. The van der Waals surface area contributed by atoms with Crippen molar-refractivity contribution in [3.05, 3.63) is 0 Å². The smallest absolute Gasteiger partial charge is 0.236 e. The van der Waals surface area contributed by atoms with Crippen LogP contribution in [0.5, 0.6) is 0 Å². The van der Waals surface area contributed by atoms with Crippen molar-refractivity contribution >= 4 is 18.3 Å². The highest BCUT2D eigenvalue weighted by atomic mass is 35.5. The normalized spacial score (nSPS) is 33.1. The predicted molar refractivity (Wildman–Crippen MR) is 94.3 cm³/mol. The van der Waals surface area contributed by atoms with Gasteiger partial charge < -0.3 is 10.6 Å². The minimum atomic E-state index is 0. The zero-order valence-electron chi connectivity index (χ0n) is 14.5. The molecule has 2 fully saturated rings. The van der Waals surface area contributed by atoms with Crippen molar-refractivity contribution in [2.75, 3.05) is 26.7 Å². The molecule has 130 valence electrons. The predicted octanol–water partition coefficient (Wildman–Crippen LogP) is 2.50. The van der Waals surface area contributed by atoms with Crippen LogP contribution in [-0.4, -0.2) is 54.5 Å². The maximum Gasteiger partial charge on any atom is 0.236 e. The van der Waals surface area contributed by atoms with Crippen LogP contribution in [0.3, 0.4) is 0 Å². The fraction of sp³-hybridized carbons (Fsp3) is 0.941. The summed E-state index contributed by atoms with van der Waals surface area (Å²) in [6.07, 6.45) is 7.17. The molecule has 2 unspecified atom stereocenters. The second kappa shape index (κ2) is 9.09. The van der Waals surface area contributed by atoms with Crippen LogP contribution >= 0.6 is 12.4 Å². The van der Waals surface area contributed by atoms with Crippen molar-refractivity contribution in [2.45, 2.75) is 64.5 Å². The van der Waals surface area contributed by atoms with Gasteiger partial charge in [-0.15, -0.1) is 12.4 Å². The third-order valence-corrected chi connectivity index (χ3v) is 5.64. The van der Waals surface area contributed by atoms with E-state index >= 15 is 0 Å². The van der Waals surface area contributed by atoms with Crippen molar-refractivity contribution in [3.8, 4) is 0 Å². The molecule has 5 heteroatoms. The van der Waals surface area contributed by atoms with Gasteiger partial charge >= 0.3 is 0 Å². The Morgan fingerprint density at radius 2 is 1.77 bits per heavy atom. The van der Waals surface area contributed by atoms with E-state index in [1.54, 1.807) is 0 Å². The number of nitrogens with zero attached hydrogens (tertiary/aromatic N) is 2. The van der Waals surface area contributed by atoms with Crippen LogP contribution in [0, 0.1) is 11.8 Å². The average molecular weight is 332 g/mol. The number of carbonyl (C=O) groups is 1. The first-order valence-corrected chi connectivity index (χ1v) is 8.71. The molecule has 22 heavy (non-hydrogen) atoms. The summed E-state index contributed by atoms with van der Waals surface area (Å²) >= 11 is 0. The van der Waals surface area contributed by atoms with E-state index in [-0.39, 0.29) is 18.3 Å². The SMILES string of the molecule is CC1CCC(N(C)C(=O)CN2CCC(C)CC2CN)CC1.Cl. The maximum absolute atomic E-state index is 12.6. The van der Waals surface area contributed by atoms with Crippen LogP contribution in [0.25, 0.3) is 0 Å². The molecule has 1 heterocycles. The Bertz CT molecular complexity index is 345. The van der Waals surface area contributed by atoms with Crippen molar-refractivity contribution in [1.82, 2.24) is 9.80 Å². The Kier molecular flexibility index (Phi) is 8.15. The van der Waals surface area contributed by atoms with Gasteiger partial charge in [-0.05, 0) is 56.9 Å². The molecule has 2 rings (SSSR count). The molecule has 2 N–H and O–H groups in total. The molecule has 1 aliphatic carbocycles. The third kappa shape index (κ3) is 5.10. The molecular formula is C17H34ClN3O. The summed E-state index contributed by atoms with van der Waals surface area (Å²) in [4.78, 5) is 16.9. The van der Waals surface area contributed by atoms with Crippen LogP contribution in [0.1, 0.15) is 52.4 Å². The van der Waals surface area contributed by atoms with Gasteiger partial charge in [-0.2, -0.15) is 0 Å². The molecule has 1 amide bonds. The summed E-state index contributed by atoms with van der Waals surface area (Å²) in [5.41, 5.74) is 5.90. The molecule has 0 spiro atoms. The number of piperidine rings is 1. The number of hydrogen-bond donors (Lipinski definition) is 1. The molecule has 0 radical (unpaired) electrons. The summed E-state index contributed by atoms with van der Waals surface area (Å²) in [6, 6.07) is 0.839. The lowest BCUT2D eigenvalue weighted by atomic mass is 9.86. The van der Waals surface area contributed by atoms with Crippen molar-refractivity contribution < 1.29 is 4.79 Å². The Hall–Kier alpha value is -0.320. The van der Waals surface area contributed by atoms with Crippen molar-refractivity contribution in [3.63, 3.8) is 0 Å². The van der Waals surface area contributed by atoms with E-state index in [4.69, 9.17) is 5.73 Å². The van der Waals surface area contributed by atoms with E-state index < -0.39 is 0 Å². The molecule has 1 saturated heterocycles. The third-order valence-electron chi connectivity index (χ3n) is 5.64. The second-order valence-corrected chi connectivity index (χ2v) is 7.41. The Balaban J connectivity index is 0.00000242. The van der Waals surface area contributed by atoms with Gasteiger partial charge in [0.15, 0.2) is 0 Å². The summed E-state index contributed by atoms with van der Waals surface area (Å²) < 4.78 is 0. The Labute approximate surface area is 142 Å². The molecule has 0 bridgehead atoms. The summed E-state index contributed by atoms with van der Waals surface area (Å²) in [5, 5.41) is 0. The number of amides is 1. The number of nitrogens with two attached hydrogens (primary N) is 1. The van der Waals surface area contributed by atoms with Crippen LogP contribution in [-0.2, 0) is 4.79 Å². The molecule has 0 aromatic heterocycles. The van der Waals surface area contributed by atoms with Crippen LogP contribution in [0.4, 0.5) is 0 Å². The molecule has 2 aliphatic rings. The van der Waals surface area contributed by atoms with E-state index in [1.165, 1.54) is 32.1 Å². The van der Waals surface area contributed by atoms with Crippen molar-refractivity contribution in [1.29, 1.82) is 0 Å². The van der Waals surface area contributed by atoms with Gasteiger partial charge in [0.25, 0.3) is 0 Å². The van der Waals surface area contributed by atoms with Gasteiger partial charge in [0.2, 0.25) is 5.91 Å². The Morgan fingerprint density at radius 3 is 2.36 bits per heavy atom. The first-order chi connectivity index (χ1) is 10.0. The summed E-state index contributed by atoms with van der Waals surface area (Å²) in [5.74, 6) is 1.85. The van der Waals surface area contributed by atoms with Crippen LogP contribution in [0.2, 0.25) is 0 Å². The van der Waals surface area contributed by atoms with Crippen molar-refractivity contribution in [2.24, 2.45) is 17.6 Å². The minimum absolute atomic E-state index is 0. The maximum atomic E-state index is 12.6. The fourth-order valence-electron chi connectivity index (χ4n) is 3.87. The first-order valence-electron chi connectivity index (χ1n) is 8.71.